The summed E-state index contributed by atoms with van der Waals surface area (Å²) in [5.74, 6) is 0.979. The van der Waals surface area contributed by atoms with Crippen molar-refractivity contribution in [3.8, 4) is 5.75 Å². The minimum Gasteiger partial charge on any atom is -0.488 e. The van der Waals surface area contributed by atoms with Gasteiger partial charge in [-0.1, -0.05) is 56.8 Å². The SMILES string of the molecule is C=C1Nc2ccc(C)c(OCc3ccccc3)c2C1(C)C. The molecule has 0 radical (unpaired) electrons. The largest absolute Gasteiger partial charge is 0.488 e. The van der Waals surface area contributed by atoms with Gasteiger partial charge >= 0.3 is 0 Å². The highest BCUT2D eigenvalue weighted by Gasteiger charge is 2.37. The van der Waals surface area contributed by atoms with Crippen molar-refractivity contribution in [3.63, 3.8) is 0 Å². The first-order valence-electron chi connectivity index (χ1n) is 7.27. The van der Waals surface area contributed by atoms with Crippen LogP contribution in [0.5, 0.6) is 5.75 Å². The van der Waals surface area contributed by atoms with Gasteiger partial charge in [0.1, 0.15) is 12.4 Å². The van der Waals surface area contributed by atoms with Crippen LogP contribution in [-0.2, 0) is 12.0 Å². The Morgan fingerprint density at radius 2 is 1.81 bits per heavy atom. The number of nitrogens with one attached hydrogen (secondary N) is 1. The fraction of sp³-hybridized carbons (Fsp3) is 0.263. The highest BCUT2D eigenvalue weighted by Crippen LogP contribution is 2.48. The first-order chi connectivity index (χ1) is 10.00. The maximum atomic E-state index is 6.17. The van der Waals surface area contributed by atoms with Gasteiger partial charge in [0.05, 0.1) is 0 Å². The maximum absolute atomic E-state index is 6.17. The van der Waals surface area contributed by atoms with Crippen molar-refractivity contribution in [2.75, 3.05) is 5.32 Å². The maximum Gasteiger partial charge on any atom is 0.128 e. The fourth-order valence-corrected chi connectivity index (χ4v) is 2.80. The molecule has 0 fully saturated rings. The summed E-state index contributed by atoms with van der Waals surface area (Å²) in [6.07, 6.45) is 0. The number of hydrogen-bond donors (Lipinski definition) is 1. The van der Waals surface area contributed by atoms with E-state index >= 15 is 0 Å². The summed E-state index contributed by atoms with van der Waals surface area (Å²) < 4.78 is 6.17. The van der Waals surface area contributed by atoms with Crippen LogP contribution in [0, 0.1) is 6.92 Å². The molecule has 1 aliphatic rings. The Labute approximate surface area is 126 Å². The van der Waals surface area contributed by atoms with Crippen LogP contribution >= 0.6 is 0 Å². The van der Waals surface area contributed by atoms with E-state index in [0.29, 0.717) is 6.61 Å². The molecule has 0 aliphatic carbocycles. The van der Waals surface area contributed by atoms with E-state index in [1.165, 1.54) is 11.1 Å². The first kappa shape index (κ1) is 13.7. The van der Waals surface area contributed by atoms with Gasteiger partial charge in [-0.25, -0.2) is 0 Å². The quantitative estimate of drug-likeness (QED) is 0.872. The summed E-state index contributed by atoms with van der Waals surface area (Å²) in [5, 5.41) is 3.38. The molecule has 0 spiro atoms. The molecule has 0 saturated heterocycles. The van der Waals surface area contributed by atoms with Crippen LogP contribution in [-0.4, -0.2) is 0 Å². The van der Waals surface area contributed by atoms with Crippen molar-refractivity contribution in [2.24, 2.45) is 0 Å². The van der Waals surface area contributed by atoms with Gasteiger partial charge in [0.15, 0.2) is 0 Å². The smallest absolute Gasteiger partial charge is 0.128 e. The minimum absolute atomic E-state index is 0.118. The van der Waals surface area contributed by atoms with Gasteiger partial charge in [0.2, 0.25) is 0 Å². The molecule has 1 heterocycles. The zero-order valence-electron chi connectivity index (χ0n) is 12.9. The summed E-state index contributed by atoms with van der Waals surface area (Å²) in [4.78, 5) is 0. The normalized spacial score (nSPS) is 15.5. The molecule has 21 heavy (non-hydrogen) atoms. The highest BCUT2D eigenvalue weighted by molar-refractivity contribution is 5.73. The Balaban J connectivity index is 1.97. The van der Waals surface area contributed by atoms with Crippen LogP contribution in [0.4, 0.5) is 5.69 Å². The Kier molecular flexibility index (Phi) is 3.25. The number of rotatable bonds is 3. The summed E-state index contributed by atoms with van der Waals surface area (Å²) in [5.41, 5.74) is 5.56. The highest BCUT2D eigenvalue weighted by atomic mass is 16.5. The molecule has 3 rings (SSSR count). The number of aryl methyl sites for hydroxylation is 1. The predicted molar refractivity (Wildman–Crippen MR) is 87.7 cm³/mol. The molecule has 0 atom stereocenters. The van der Waals surface area contributed by atoms with Crippen LogP contribution in [0.3, 0.4) is 0 Å². The van der Waals surface area contributed by atoms with Crippen molar-refractivity contribution < 1.29 is 4.74 Å². The van der Waals surface area contributed by atoms with E-state index in [2.05, 4.69) is 56.9 Å². The standard InChI is InChI=1S/C19H21NO/c1-13-10-11-16-17(19(3,4)14(2)20-16)18(13)21-12-15-8-6-5-7-9-15/h5-11,20H,2,12H2,1,3-4H3. The number of allylic oxidation sites excluding steroid dienone is 1. The third-order valence-corrected chi connectivity index (χ3v) is 4.25. The molecule has 0 unspecified atom stereocenters. The second-order valence-electron chi connectivity index (χ2n) is 6.14. The molecule has 108 valence electrons. The van der Waals surface area contributed by atoms with Crippen LogP contribution in [0.25, 0.3) is 0 Å². The van der Waals surface area contributed by atoms with Crippen LogP contribution in [0.15, 0.2) is 54.7 Å². The molecule has 0 saturated carbocycles. The summed E-state index contributed by atoms with van der Waals surface area (Å²) >= 11 is 0. The number of benzene rings is 2. The number of ether oxygens (including phenoxy) is 1. The van der Waals surface area contributed by atoms with Gasteiger partial charge < -0.3 is 10.1 Å². The lowest BCUT2D eigenvalue weighted by Crippen LogP contribution is -2.17. The lowest BCUT2D eigenvalue weighted by Gasteiger charge is -2.23. The van der Waals surface area contributed by atoms with Gasteiger partial charge in [-0.2, -0.15) is 0 Å². The van der Waals surface area contributed by atoms with E-state index in [9.17, 15) is 0 Å². The van der Waals surface area contributed by atoms with Gasteiger partial charge in [-0.05, 0) is 24.1 Å². The van der Waals surface area contributed by atoms with Gasteiger partial charge in [0.25, 0.3) is 0 Å². The third kappa shape index (κ3) is 2.31. The minimum atomic E-state index is -0.118. The van der Waals surface area contributed by atoms with E-state index < -0.39 is 0 Å². The zero-order valence-corrected chi connectivity index (χ0v) is 12.9. The van der Waals surface area contributed by atoms with Crippen molar-refractivity contribution >= 4 is 5.69 Å². The molecule has 1 aliphatic heterocycles. The molecule has 0 bridgehead atoms. The third-order valence-electron chi connectivity index (χ3n) is 4.25. The van der Waals surface area contributed by atoms with Gasteiger partial charge in [0, 0.05) is 22.4 Å². The molecule has 0 aromatic heterocycles. The molecule has 2 aromatic carbocycles. The predicted octanol–water partition coefficient (Wildman–Crippen LogP) is 4.79. The van der Waals surface area contributed by atoms with E-state index in [4.69, 9.17) is 4.74 Å². The van der Waals surface area contributed by atoms with Gasteiger partial charge in [-0.3, -0.25) is 0 Å². The topological polar surface area (TPSA) is 21.3 Å². The monoisotopic (exact) mass is 279 g/mol. The van der Waals surface area contributed by atoms with Crippen molar-refractivity contribution in [2.45, 2.75) is 32.8 Å². The molecule has 2 heteroatoms. The molecule has 2 aromatic rings. The number of fused-ring (bicyclic) bond motifs is 1. The van der Waals surface area contributed by atoms with Crippen LogP contribution in [0.2, 0.25) is 0 Å². The number of hydrogen-bond acceptors (Lipinski definition) is 2. The number of anilines is 1. The Morgan fingerprint density at radius 3 is 2.52 bits per heavy atom. The Hall–Kier alpha value is -2.22. The first-order valence-corrected chi connectivity index (χ1v) is 7.27. The average molecular weight is 279 g/mol. The zero-order chi connectivity index (χ0) is 15.0. The molecule has 1 N–H and O–H groups in total. The van der Waals surface area contributed by atoms with Crippen LogP contribution in [0.1, 0.15) is 30.5 Å². The van der Waals surface area contributed by atoms with Crippen molar-refractivity contribution in [1.82, 2.24) is 0 Å². The Bertz CT molecular complexity index is 686. The average Bonchev–Trinajstić information content (AvgIpc) is 2.70. The molecular formula is C19H21NO. The Morgan fingerprint density at radius 1 is 1.10 bits per heavy atom. The van der Waals surface area contributed by atoms with Crippen molar-refractivity contribution in [1.29, 1.82) is 0 Å². The molecule has 0 amide bonds. The fourth-order valence-electron chi connectivity index (χ4n) is 2.80. The van der Waals surface area contributed by atoms with E-state index in [-0.39, 0.29) is 5.41 Å². The second-order valence-corrected chi connectivity index (χ2v) is 6.14. The summed E-state index contributed by atoms with van der Waals surface area (Å²) in [7, 11) is 0. The molecule has 2 nitrogen and oxygen atoms in total. The summed E-state index contributed by atoms with van der Waals surface area (Å²) in [6.45, 7) is 11.2. The van der Waals surface area contributed by atoms with E-state index in [1.54, 1.807) is 0 Å². The van der Waals surface area contributed by atoms with E-state index in [1.807, 2.05) is 18.2 Å². The lowest BCUT2D eigenvalue weighted by molar-refractivity contribution is 0.298. The summed E-state index contributed by atoms with van der Waals surface area (Å²) in [6, 6.07) is 14.5. The lowest BCUT2D eigenvalue weighted by atomic mass is 9.83. The van der Waals surface area contributed by atoms with Gasteiger partial charge in [-0.15, -0.1) is 0 Å². The second kappa shape index (κ2) is 4.96. The van der Waals surface area contributed by atoms with Crippen molar-refractivity contribution in [3.05, 3.63) is 71.4 Å². The van der Waals surface area contributed by atoms with Crippen LogP contribution < -0.4 is 10.1 Å². The molecular weight excluding hydrogens is 258 g/mol. The van der Waals surface area contributed by atoms with E-state index in [0.717, 1.165) is 22.7 Å².